The van der Waals surface area contributed by atoms with E-state index < -0.39 is 40.1 Å². The number of fused-ring (bicyclic) bond motifs is 1. The first-order chi connectivity index (χ1) is 11.8. The minimum absolute atomic E-state index is 0.0705. The van der Waals surface area contributed by atoms with Crippen molar-refractivity contribution in [1.82, 2.24) is 9.97 Å². The van der Waals surface area contributed by atoms with Gasteiger partial charge in [0.25, 0.3) is 0 Å². The first kappa shape index (κ1) is 16.6. The third kappa shape index (κ3) is 3.32. The SMILES string of the molecule is O=[N+]([O-])c1ccc(F)cc1Oc1nc(C(F)(F)F)nc2ccccc12. The largest absolute Gasteiger partial charge is 0.451 e. The molecule has 1 aromatic heterocycles. The summed E-state index contributed by atoms with van der Waals surface area (Å²) in [5.41, 5.74) is -0.684. The molecule has 128 valence electrons. The van der Waals surface area contributed by atoms with E-state index in [2.05, 4.69) is 9.97 Å². The van der Waals surface area contributed by atoms with Crippen LogP contribution >= 0.6 is 0 Å². The molecule has 0 bridgehead atoms. The van der Waals surface area contributed by atoms with Crippen LogP contribution in [0.4, 0.5) is 23.2 Å². The predicted octanol–water partition coefficient (Wildman–Crippen LogP) is 4.49. The van der Waals surface area contributed by atoms with Crippen molar-refractivity contribution in [3.05, 3.63) is 64.2 Å². The van der Waals surface area contributed by atoms with Gasteiger partial charge in [-0.3, -0.25) is 10.1 Å². The molecule has 0 unspecified atom stereocenters. The van der Waals surface area contributed by atoms with Crippen molar-refractivity contribution in [3.8, 4) is 11.6 Å². The number of aromatic nitrogens is 2. The highest BCUT2D eigenvalue weighted by Crippen LogP contribution is 2.36. The van der Waals surface area contributed by atoms with Crippen LogP contribution in [0.1, 0.15) is 5.82 Å². The van der Waals surface area contributed by atoms with E-state index in [1.54, 1.807) is 0 Å². The molecule has 0 radical (unpaired) electrons. The fourth-order valence-corrected chi connectivity index (χ4v) is 2.08. The lowest BCUT2D eigenvalue weighted by molar-refractivity contribution is -0.385. The highest BCUT2D eigenvalue weighted by atomic mass is 19.4. The van der Waals surface area contributed by atoms with Crippen molar-refractivity contribution in [2.24, 2.45) is 0 Å². The fraction of sp³-hybridized carbons (Fsp3) is 0.0667. The van der Waals surface area contributed by atoms with Crippen molar-refractivity contribution in [1.29, 1.82) is 0 Å². The molecule has 3 rings (SSSR count). The van der Waals surface area contributed by atoms with Crippen molar-refractivity contribution < 1.29 is 27.2 Å². The van der Waals surface area contributed by atoms with E-state index >= 15 is 0 Å². The fourth-order valence-electron chi connectivity index (χ4n) is 2.08. The molecule has 0 saturated carbocycles. The summed E-state index contributed by atoms with van der Waals surface area (Å²) in [5, 5.41) is 11.1. The average Bonchev–Trinajstić information content (AvgIpc) is 2.53. The number of nitro benzene ring substituents is 1. The molecule has 2 aromatic carbocycles. The van der Waals surface area contributed by atoms with E-state index in [1.807, 2.05) is 0 Å². The van der Waals surface area contributed by atoms with Crippen LogP contribution in [0, 0.1) is 15.9 Å². The van der Waals surface area contributed by atoms with Gasteiger partial charge in [0.2, 0.25) is 17.5 Å². The van der Waals surface area contributed by atoms with Gasteiger partial charge in [-0.25, -0.2) is 9.37 Å². The summed E-state index contributed by atoms with van der Waals surface area (Å²) in [6.45, 7) is 0. The Kier molecular flexibility index (Phi) is 3.95. The van der Waals surface area contributed by atoms with Crippen molar-refractivity contribution >= 4 is 16.6 Å². The lowest BCUT2D eigenvalue weighted by Crippen LogP contribution is -2.12. The van der Waals surface area contributed by atoms with Gasteiger partial charge >= 0.3 is 11.9 Å². The molecule has 0 aliphatic carbocycles. The molecule has 10 heteroatoms. The highest BCUT2D eigenvalue weighted by molar-refractivity contribution is 5.83. The molecular formula is C15H7F4N3O3. The molecule has 6 nitrogen and oxygen atoms in total. The maximum absolute atomic E-state index is 13.4. The Morgan fingerprint density at radius 2 is 1.80 bits per heavy atom. The van der Waals surface area contributed by atoms with Crippen molar-refractivity contribution in [2.75, 3.05) is 0 Å². The van der Waals surface area contributed by atoms with Gasteiger partial charge in [-0.2, -0.15) is 18.2 Å². The second-order valence-corrected chi connectivity index (χ2v) is 4.84. The first-order valence-electron chi connectivity index (χ1n) is 6.71. The summed E-state index contributed by atoms with van der Waals surface area (Å²) in [5.74, 6) is -3.45. The first-order valence-corrected chi connectivity index (χ1v) is 6.71. The number of nitrogens with zero attached hydrogens (tertiary/aromatic N) is 3. The number of hydrogen-bond donors (Lipinski definition) is 0. The number of nitro groups is 1. The zero-order valence-electron chi connectivity index (χ0n) is 12.1. The number of ether oxygens (including phenoxy) is 1. The summed E-state index contributed by atoms with van der Waals surface area (Å²) in [4.78, 5) is 16.9. The van der Waals surface area contributed by atoms with E-state index in [0.717, 1.165) is 12.1 Å². The van der Waals surface area contributed by atoms with Crippen LogP contribution in [0.2, 0.25) is 0 Å². The Morgan fingerprint density at radius 1 is 1.08 bits per heavy atom. The number of rotatable bonds is 3. The number of alkyl halides is 3. The number of halogens is 4. The van der Waals surface area contributed by atoms with Crippen molar-refractivity contribution in [3.63, 3.8) is 0 Å². The maximum atomic E-state index is 13.4. The smallest absolute Gasteiger partial charge is 0.431 e. The van der Waals surface area contributed by atoms with Crippen LogP contribution in [-0.2, 0) is 6.18 Å². The normalized spacial score (nSPS) is 11.5. The van der Waals surface area contributed by atoms with E-state index in [4.69, 9.17) is 4.74 Å². The summed E-state index contributed by atoms with van der Waals surface area (Å²) in [6, 6.07) is 8.04. The Bertz CT molecular complexity index is 976. The van der Waals surface area contributed by atoms with Crippen molar-refractivity contribution in [2.45, 2.75) is 6.18 Å². The van der Waals surface area contributed by atoms with Gasteiger partial charge in [0.1, 0.15) is 5.82 Å². The highest BCUT2D eigenvalue weighted by Gasteiger charge is 2.36. The van der Waals surface area contributed by atoms with Crippen LogP contribution in [0.5, 0.6) is 11.6 Å². The van der Waals surface area contributed by atoms with Gasteiger partial charge in [0, 0.05) is 12.1 Å². The number of hydrogen-bond acceptors (Lipinski definition) is 5. The molecule has 25 heavy (non-hydrogen) atoms. The monoisotopic (exact) mass is 353 g/mol. The Labute approximate surface area is 136 Å². The minimum atomic E-state index is -4.85. The van der Waals surface area contributed by atoms with E-state index in [0.29, 0.717) is 6.07 Å². The lowest BCUT2D eigenvalue weighted by atomic mass is 10.2. The van der Waals surface area contributed by atoms with Crippen LogP contribution in [-0.4, -0.2) is 14.9 Å². The van der Waals surface area contributed by atoms with Gasteiger partial charge in [-0.05, 0) is 18.2 Å². The minimum Gasteiger partial charge on any atom is -0.431 e. The molecular weight excluding hydrogens is 346 g/mol. The Hall–Kier alpha value is -3.30. The summed E-state index contributed by atoms with van der Waals surface area (Å²) < 4.78 is 57.4. The van der Waals surface area contributed by atoms with Gasteiger partial charge in [0.05, 0.1) is 15.8 Å². The number of para-hydroxylation sites is 1. The molecule has 3 aromatic rings. The second-order valence-electron chi connectivity index (χ2n) is 4.84. The standard InChI is InChI=1S/C15H7F4N3O3/c16-8-5-6-11(22(23)24)12(7-8)25-13-9-3-1-2-4-10(9)20-14(21-13)15(17,18)19/h1-7H. The Balaban J connectivity index is 2.19. The zero-order valence-corrected chi connectivity index (χ0v) is 12.1. The molecule has 0 amide bonds. The maximum Gasteiger partial charge on any atom is 0.451 e. The zero-order chi connectivity index (χ0) is 18.2. The van der Waals surface area contributed by atoms with E-state index in [1.165, 1.54) is 24.3 Å². The molecule has 1 heterocycles. The number of benzene rings is 2. The lowest BCUT2D eigenvalue weighted by Gasteiger charge is -2.11. The van der Waals surface area contributed by atoms with Gasteiger partial charge in [-0.1, -0.05) is 12.1 Å². The molecule has 0 fully saturated rings. The van der Waals surface area contributed by atoms with Gasteiger partial charge in [-0.15, -0.1) is 0 Å². The van der Waals surface area contributed by atoms with Crippen LogP contribution in [0.15, 0.2) is 42.5 Å². The summed E-state index contributed by atoms with van der Waals surface area (Å²) in [7, 11) is 0. The summed E-state index contributed by atoms with van der Waals surface area (Å²) >= 11 is 0. The predicted molar refractivity (Wildman–Crippen MR) is 77.7 cm³/mol. The molecule has 0 aliphatic rings. The van der Waals surface area contributed by atoms with Gasteiger partial charge in [0.15, 0.2) is 0 Å². The van der Waals surface area contributed by atoms with E-state index in [9.17, 15) is 27.7 Å². The molecule has 0 N–H and O–H groups in total. The Morgan fingerprint density at radius 3 is 2.48 bits per heavy atom. The third-order valence-corrected chi connectivity index (χ3v) is 3.15. The molecule has 0 aliphatic heterocycles. The van der Waals surface area contributed by atoms with Crippen LogP contribution < -0.4 is 4.74 Å². The molecule has 0 atom stereocenters. The topological polar surface area (TPSA) is 78.2 Å². The summed E-state index contributed by atoms with van der Waals surface area (Å²) in [6.07, 6.45) is -4.85. The third-order valence-electron chi connectivity index (χ3n) is 3.15. The molecule has 0 saturated heterocycles. The quantitative estimate of drug-likeness (QED) is 0.394. The van der Waals surface area contributed by atoms with Crippen LogP contribution in [0.25, 0.3) is 10.9 Å². The van der Waals surface area contributed by atoms with Crippen LogP contribution in [0.3, 0.4) is 0 Å². The molecule has 0 spiro atoms. The average molecular weight is 353 g/mol. The van der Waals surface area contributed by atoms with E-state index in [-0.39, 0.29) is 10.9 Å². The second kappa shape index (κ2) is 5.96. The van der Waals surface area contributed by atoms with Gasteiger partial charge < -0.3 is 4.74 Å².